The van der Waals surface area contributed by atoms with E-state index in [2.05, 4.69) is 10.6 Å². The lowest BCUT2D eigenvalue weighted by atomic mass is 10.0. The summed E-state index contributed by atoms with van der Waals surface area (Å²) in [5, 5.41) is 5.98. The zero-order chi connectivity index (χ0) is 29.5. The number of fused-ring (bicyclic) bond motifs is 9. The third-order valence-corrected chi connectivity index (χ3v) is 7.45. The molecule has 3 amide bonds. The number of hydrogen-bond donors (Lipinski definition) is 2. The molecule has 2 N–H and O–H groups in total. The Hall–Kier alpha value is -4.73. The van der Waals surface area contributed by atoms with Crippen molar-refractivity contribution in [3.05, 3.63) is 83.4 Å². The molecule has 3 aromatic carbocycles. The quantitative estimate of drug-likeness (QED) is 0.495. The van der Waals surface area contributed by atoms with Crippen LogP contribution in [0.4, 0.5) is 0 Å². The fraction of sp³-hybridized carbons (Fsp3) is 0.344. The predicted octanol–water partition coefficient (Wildman–Crippen LogP) is 3.12. The van der Waals surface area contributed by atoms with Gasteiger partial charge in [0.25, 0.3) is 11.8 Å². The number of ether oxygens (including phenoxy) is 4. The SMILES string of the molecule is COc1cc2ccc1CNC(=O)CCc1ccc(OC)c(c1)OCC(=O)N[C@@H]1CN(C(=O)c3ccccc3)CC[C@@H]1O2. The van der Waals surface area contributed by atoms with E-state index in [4.69, 9.17) is 18.9 Å². The highest BCUT2D eigenvalue weighted by Crippen LogP contribution is 2.30. The maximum Gasteiger partial charge on any atom is 0.258 e. The van der Waals surface area contributed by atoms with Crippen LogP contribution in [-0.4, -0.2) is 68.7 Å². The Morgan fingerprint density at radius 2 is 1.74 bits per heavy atom. The molecule has 4 bridgehead atoms. The Balaban J connectivity index is 1.42. The van der Waals surface area contributed by atoms with Crippen LogP contribution in [0.15, 0.2) is 66.7 Å². The molecule has 0 unspecified atom stereocenters. The number of carbonyl (C=O) groups excluding carboxylic acids is 3. The number of piperidine rings is 1. The van der Waals surface area contributed by atoms with Gasteiger partial charge >= 0.3 is 0 Å². The van der Waals surface area contributed by atoms with Crippen molar-refractivity contribution < 1.29 is 33.3 Å². The average Bonchev–Trinajstić information content (AvgIpc) is 3.02. The molecule has 10 heteroatoms. The number of benzene rings is 3. The number of rotatable bonds is 3. The van der Waals surface area contributed by atoms with Crippen molar-refractivity contribution >= 4 is 17.7 Å². The van der Waals surface area contributed by atoms with E-state index in [9.17, 15) is 14.4 Å². The molecule has 0 aliphatic carbocycles. The first-order valence-electron chi connectivity index (χ1n) is 14.0. The third-order valence-electron chi connectivity index (χ3n) is 7.45. The van der Waals surface area contributed by atoms with E-state index in [0.29, 0.717) is 54.5 Å². The van der Waals surface area contributed by atoms with Gasteiger partial charge < -0.3 is 34.5 Å². The number of methoxy groups -OCH3 is 2. The molecule has 0 saturated carbocycles. The molecule has 10 nitrogen and oxygen atoms in total. The van der Waals surface area contributed by atoms with E-state index in [1.165, 1.54) is 7.11 Å². The van der Waals surface area contributed by atoms with Crippen LogP contribution in [0.1, 0.15) is 34.3 Å². The van der Waals surface area contributed by atoms with E-state index >= 15 is 0 Å². The number of nitrogens with one attached hydrogen (secondary N) is 2. The zero-order valence-electron chi connectivity index (χ0n) is 23.8. The van der Waals surface area contributed by atoms with E-state index in [1.807, 2.05) is 36.4 Å². The topological polar surface area (TPSA) is 115 Å². The first-order chi connectivity index (χ1) is 20.4. The molecule has 3 heterocycles. The number of carbonyl (C=O) groups is 3. The molecule has 0 spiro atoms. The average molecular weight is 574 g/mol. The van der Waals surface area contributed by atoms with Gasteiger partial charge in [0.1, 0.15) is 17.6 Å². The molecule has 1 fully saturated rings. The fourth-order valence-corrected chi connectivity index (χ4v) is 5.20. The van der Waals surface area contributed by atoms with Crippen LogP contribution in [0.5, 0.6) is 23.0 Å². The molecular weight excluding hydrogens is 538 g/mol. The molecule has 220 valence electrons. The summed E-state index contributed by atoms with van der Waals surface area (Å²) in [6.07, 6.45) is 0.846. The van der Waals surface area contributed by atoms with Crippen molar-refractivity contribution in [1.82, 2.24) is 15.5 Å². The summed E-state index contributed by atoms with van der Waals surface area (Å²) < 4.78 is 23.3. The Labute approximate surface area is 244 Å². The van der Waals surface area contributed by atoms with Crippen LogP contribution in [0, 0.1) is 0 Å². The largest absolute Gasteiger partial charge is 0.496 e. The van der Waals surface area contributed by atoms with Crippen LogP contribution >= 0.6 is 0 Å². The molecule has 3 aromatic rings. The highest BCUT2D eigenvalue weighted by Gasteiger charge is 2.34. The minimum absolute atomic E-state index is 0.104. The first kappa shape index (κ1) is 28.8. The summed E-state index contributed by atoms with van der Waals surface area (Å²) in [5.74, 6) is 1.45. The van der Waals surface area contributed by atoms with Gasteiger partial charge in [-0.25, -0.2) is 0 Å². The van der Waals surface area contributed by atoms with Gasteiger partial charge in [-0.1, -0.05) is 24.3 Å². The standard InChI is InChI=1S/C32H35N3O7/c1-39-27-12-8-21-9-13-30(36)33-18-23-10-11-24(17-28(23)40-2)42-26-14-15-35(32(38)22-6-4-3-5-7-22)19-25(26)34-31(37)20-41-29(27)16-21/h3-8,10-12,16-17,25-26H,9,13-15,18-20H2,1-2H3,(H,33,36)(H,34,37)/t25-,26+/m1/s1. The molecule has 6 rings (SSSR count). The van der Waals surface area contributed by atoms with Crippen molar-refractivity contribution in [2.24, 2.45) is 0 Å². The Morgan fingerprint density at radius 3 is 2.52 bits per heavy atom. The van der Waals surface area contributed by atoms with Gasteiger partial charge in [0.15, 0.2) is 18.1 Å². The zero-order valence-corrected chi connectivity index (χ0v) is 23.8. The van der Waals surface area contributed by atoms with E-state index in [-0.39, 0.29) is 37.3 Å². The van der Waals surface area contributed by atoms with Gasteiger partial charge in [0.2, 0.25) is 5.91 Å². The van der Waals surface area contributed by atoms with Crippen LogP contribution < -0.4 is 29.6 Å². The molecular formula is C32H35N3O7. The molecule has 2 atom stereocenters. The molecule has 0 aromatic heterocycles. The van der Waals surface area contributed by atoms with E-state index in [0.717, 1.165) is 11.1 Å². The first-order valence-corrected chi connectivity index (χ1v) is 14.0. The Kier molecular flexibility index (Phi) is 9.11. The van der Waals surface area contributed by atoms with E-state index < -0.39 is 12.1 Å². The molecule has 42 heavy (non-hydrogen) atoms. The summed E-state index contributed by atoms with van der Waals surface area (Å²) in [6.45, 7) is 0.771. The third kappa shape index (κ3) is 6.94. The summed E-state index contributed by atoms with van der Waals surface area (Å²) in [5.41, 5.74) is 2.27. The second-order valence-electron chi connectivity index (χ2n) is 10.3. The number of likely N-dealkylation sites (tertiary alicyclic amines) is 1. The smallest absolute Gasteiger partial charge is 0.258 e. The van der Waals surface area contributed by atoms with Gasteiger partial charge in [-0.3, -0.25) is 14.4 Å². The highest BCUT2D eigenvalue weighted by molar-refractivity contribution is 5.94. The molecule has 3 aliphatic rings. The van der Waals surface area contributed by atoms with Crippen LogP contribution in [-0.2, 0) is 22.6 Å². The van der Waals surface area contributed by atoms with Gasteiger partial charge in [0.05, 0.1) is 20.3 Å². The minimum atomic E-state index is -0.497. The Bertz CT molecular complexity index is 1430. The maximum absolute atomic E-state index is 13.2. The fourth-order valence-electron chi connectivity index (χ4n) is 5.20. The van der Waals surface area contributed by atoms with E-state index in [1.54, 1.807) is 42.3 Å². The molecule has 1 saturated heterocycles. The van der Waals surface area contributed by atoms with Crippen molar-refractivity contribution in [2.45, 2.75) is 38.0 Å². The van der Waals surface area contributed by atoms with Crippen molar-refractivity contribution in [3.63, 3.8) is 0 Å². The number of aryl methyl sites for hydroxylation is 1. The number of hydrogen-bond acceptors (Lipinski definition) is 7. The monoisotopic (exact) mass is 573 g/mol. The van der Waals surface area contributed by atoms with Crippen LogP contribution in [0.2, 0.25) is 0 Å². The lowest BCUT2D eigenvalue weighted by Crippen LogP contribution is -2.58. The van der Waals surface area contributed by atoms with Gasteiger partial charge in [-0.2, -0.15) is 0 Å². The minimum Gasteiger partial charge on any atom is -0.496 e. The highest BCUT2D eigenvalue weighted by atomic mass is 16.5. The van der Waals surface area contributed by atoms with Crippen molar-refractivity contribution in [1.29, 1.82) is 0 Å². The van der Waals surface area contributed by atoms with Gasteiger partial charge in [-0.05, 0) is 48.4 Å². The lowest BCUT2D eigenvalue weighted by molar-refractivity contribution is -0.125. The number of nitrogens with zero attached hydrogens (tertiary/aromatic N) is 1. The normalized spacial score (nSPS) is 19.4. The lowest BCUT2D eigenvalue weighted by Gasteiger charge is -2.39. The summed E-state index contributed by atoms with van der Waals surface area (Å²) in [4.78, 5) is 40.7. The maximum atomic E-state index is 13.2. The summed E-state index contributed by atoms with van der Waals surface area (Å²) in [7, 11) is 3.09. The van der Waals surface area contributed by atoms with Crippen molar-refractivity contribution in [2.75, 3.05) is 33.9 Å². The second kappa shape index (κ2) is 13.3. The molecule has 3 aliphatic heterocycles. The second-order valence-corrected chi connectivity index (χ2v) is 10.3. The van der Waals surface area contributed by atoms with Crippen LogP contribution in [0.25, 0.3) is 0 Å². The number of amides is 3. The van der Waals surface area contributed by atoms with Crippen LogP contribution in [0.3, 0.4) is 0 Å². The van der Waals surface area contributed by atoms with Gasteiger partial charge in [0, 0.05) is 49.7 Å². The van der Waals surface area contributed by atoms with Gasteiger partial charge in [-0.15, -0.1) is 0 Å². The summed E-state index contributed by atoms with van der Waals surface area (Å²) in [6, 6.07) is 19.4. The summed E-state index contributed by atoms with van der Waals surface area (Å²) >= 11 is 0. The predicted molar refractivity (Wildman–Crippen MR) is 155 cm³/mol. The van der Waals surface area contributed by atoms with Crippen molar-refractivity contribution in [3.8, 4) is 23.0 Å². The Morgan fingerprint density at radius 1 is 0.929 bits per heavy atom. The molecule has 0 radical (unpaired) electrons.